The maximum absolute atomic E-state index is 15.3. The van der Waals surface area contributed by atoms with Gasteiger partial charge >= 0.3 is 0 Å². The van der Waals surface area contributed by atoms with Gasteiger partial charge in [-0.1, -0.05) is 136 Å². The predicted octanol–water partition coefficient (Wildman–Crippen LogP) is 13.1. The highest BCUT2D eigenvalue weighted by atomic mass is 17.4. The summed E-state index contributed by atoms with van der Waals surface area (Å²) in [6, 6.07) is 0. The van der Waals surface area contributed by atoms with Gasteiger partial charge in [0.15, 0.2) is 0 Å². The van der Waals surface area contributed by atoms with E-state index in [-0.39, 0.29) is 23.1 Å². The van der Waals surface area contributed by atoms with E-state index in [0.717, 1.165) is 25.7 Å². The molecule has 2 fully saturated rings. The van der Waals surface area contributed by atoms with Gasteiger partial charge in [0.25, 0.3) is 0 Å². The van der Waals surface area contributed by atoms with Gasteiger partial charge in [0.2, 0.25) is 11.6 Å². The van der Waals surface area contributed by atoms with Gasteiger partial charge in [-0.15, -0.1) is 0 Å². The van der Waals surface area contributed by atoms with Crippen LogP contribution in [0.5, 0.6) is 0 Å². The molecule has 2 atom stereocenters. The average Bonchev–Trinajstić information content (AvgIpc) is 4.14. The topological polar surface area (TPSA) is 118 Å². The first-order valence-electron chi connectivity index (χ1n) is 23.2. The standard InChI is InChI=1S/C48H86O8/c1-17-29-35(37(49)45(25-9,26-10)47(31-19-3)53-54-47)43(21-5,22-6)39(51)41(13,14)33-34-42(15,16)40(52)44(23-7,24-8)36(30-18-2)38(50)46(27-11,28-12)48(32-20-4)55-56-48/h35-36H,17-34H2,1-16H3. The van der Waals surface area contributed by atoms with Crippen molar-refractivity contribution in [1.29, 1.82) is 0 Å². The molecule has 0 N–H and O–H groups in total. The van der Waals surface area contributed by atoms with Gasteiger partial charge < -0.3 is 0 Å². The third-order valence-corrected chi connectivity index (χ3v) is 15.7. The van der Waals surface area contributed by atoms with Gasteiger partial charge in [-0.25, -0.2) is 0 Å². The van der Waals surface area contributed by atoms with Crippen LogP contribution in [0.15, 0.2) is 0 Å². The van der Waals surface area contributed by atoms with Crippen LogP contribution in [0.2, 0.25) is 0 Å². The minimum absolute atomic E-state index is 0.0962. The van der Waals surface area contributed by atoms with E-state index in [1.54, 1.807) is 0 Å². The molecule has 0 radical (unpaired) electrons. The van der Waals surface area contributed by atoms with E-state index in [1.807, 2.05) is 55.4 Å². The Kier molecular flexibility index (Phi) is 17.8. The number of ketones is 4. The van der Waals surface area contributed by atoms with Crippen molar-refractivity contribution in [3.05, 3.63) is 0 Å². The summed E-state index contributed by atoms with van der Waals surface area (Å²) in [6.07, 6.45) is 11.2. The minimum Gasteiger partial charge on any atom is -0.299 e. The van der Waals surface area contributed by atoms with Crippen molar-refractivity contribution in [1.82, 2.24) is 0 Å². The molecule has 56 heavy (non-hydrogen) atoms. The second kappa shape index (κ2) is 19.7. The average molecular weight is 791 g/mol. The third-order valence-electron chi connectivity index (χ3n) is 15.7. The van der Waals surface area contributed by atoms with Crippen LogP contribution in [0.25, 0.3) is 0 Å². The number of hydrogen-bond donors (Lipinski definition) is 0. The van der Waals surface area contributed by atoms with Crippen LogP contribution < -0.4 is 0 Å². The van der Waals surface area contributed by atoms with Crippen LogP contribution in [0, 0.1) is 44.3 Å². The first-order valence-corrected chi connectivity index (χ1v) is 23.2. The van der Waals surface area contributed by atoms with Crippen LogP contribution in [0.1, 0.15) is 226 Å². The molecule has 2 rings (SSSR count). The Morgan fingerprint density at radius 3 is 0.875 bits per heavy atom. The number of carbonyl (C=O) groups is 4. The fraction of sp³-hybridized carbons (Fsp3) is 0.917. The van der Waals surface area contributed by atoms with Gasteiger partial charge in [0, 0.05) is 46.3 Å². The highest BCUT2D eigenvalue weighted by molar-refractivity contribution is 5.99. The van der Waals surface area contributed by atoms with Crippen LogP contribution in [-0.2, 0) is 38.7 Å². The molecule has 0 amide bonds. The molecule has 2 aliphatic heterocycles. The van der Waals surface area contributed by atoms with Crippen molar-refractivity contribution >= 4 is 23.1 Å². The molecular weight excluding hydrogens is 705 g/mol. The summed E-state index contributed by atoms with van der Waals surface area (Å²) in [5.41, 5.74) is -5.04. The van der Waals surface area contributed by atoms with E-state index in [1.165, 1.54) is 0 Å². The van der Waals surface area contributed by atoms with Gasteiger partial charge in [-0.05, 0) is 77.0 Å². The largest absolute Gasteiger partial charge is 0.299 e. The molecule has 2 saturated heterocycles. The molecule has 8 heteroatoms. The highest BCUT2D eigenvalue weighted by Crippen LogP contribution is 2.60. The lowest BCUT2D eigenvalue weighted by Crippen LogP contribution is -2.55. The third kappa shape index (κ3) is 8.57. The summed E-state index contributed by atoms with van der Waals surface area (Å²) in [6.45, 7) is 32.8. The second-order valence-electron chi connectivity index (χ2n) is 19.0. The maximum Gasteiger partial charge on any atom is 0.246 e. The van der Waals surface area contributed by atoms with Crippen molar-refractivity contribution < 1.29 is 38.7 Å². The Labute approximate surface area is 343 Å². The summed E-state index contributed by atoms with van der Waals surface area (Å²) in [5.74, 6) is -2.43. The van der Waals surface area contributed by atoms with Crippen molar-refractivity contribution in [2.45, 2.75) is 238 Å². The lowest BCUT2D eigenvalue weighted by Gasteiger charge is -2.48. The molecule has 0 spiro atoms. The monoisotopic (exact) mass is 791 g/mol. The van der Waals surface area contributed by atoms with Crippen LogP contribution in [0.3, 0.4) is 0 Å². The van der Waals surface area contributed by atoms with E-state index >= 15 is 19.2 Å². The Morgan fingerprint density at radius 1 is 0.429 bits per heavy atom. The summed E-state index contributed by atoms with van der Waals surface area (Å²) < 4.78 is 0. The predicted molar refractivity (Wildman–Crippen MR) is 225 cm³/mol. The molecule has 2 aliphatic rings. The summed E-state index contributed by atoms with van der Waals surface area (Å²) in [7, 11) is 0. The van der Waals surface area contributed by atoms with Crippen molar-refractivity contribution in [2.75, 3.05) is 0 Å². The molecule has 326 valence electrons. The molecule has 0 saturated carbocycles. The maximum atomic E-state index is 15.3. The number of hydrogen-bond acceptors (Lipinski definition) is 8. The van der Waals surface area contributed by atoms with Crippen molar-refractivity contribution in [2.24, 2.45) is 44.3 Å². The molecule has 8 nitrogen and oxygen atoms in total. The minimum atomic E-state index is -0.935. The molecule has 2 unspecified atom stereocenters. The van der Waals surface area contributed by atoms with Gasteiger partial charge in [0.1, 0.15) is 23.1 Å². The second-order valence-corrected chi connectivity index (χ2v) is 19.0. The molecule has 0 bridgehead atoms. The van der Waals surface area contributed by atoms with E-state index in [0.29, 0.717) is 89.9 Å². The highest BCUT2D eigenvalue weighted by Gasteiger charge is 2.70. The lowest BCUT2D eigenvalue weighted by atomic mass is 9.53. The lowest BCUT2D eigenvalue weighted by molar-refractivity contribution is -0.157. The SMILES string of the molecule is CCCC(C(=O)C(CC)(CC)C1(CCC)OO1)C(CC)(CC)C(=O)C(C)(C)CCC(C)(C)C(=O)C(CC)(CC)C(CCC)C(=O)C(CC)(CC)C1(CCC)OO1. The summed E-state index contributed by atoms with van der Waals surface area (Å²) in [5, 5.41) is 0. The van der Waals surface area contributed by atoms with Gasteiger partial charge in [0.05, 0.1) is 10.8 Å². The van der Waals surface area contributed by atoms with E-state index in [2.05, 4.69) is 55.4 Å². The molecule has 0 aromatic heterocycles. The zero-order valence-electron chi connectivity index (χ0n) is 39.1. The van der Waals surface area contributed by atoms with E-state index in [4.69, 9.17) is 19.6 Å². The Hall–Kier alpha value is -1.48. The zero-order valence-corrected chi connectivity index (χ0v) is 39.1. The van der Waals surface area contributed by atoms with Crippen LogP contribution >= 0.6 is 0 Å². The van der Waals surface area contributed by atoms with Gasteiger partial charge in [-0.2, -0.15) is 19.6 Å². The normalized spacial score (nSPS) is 18.4. The van der Waals surface area contributed by atoms with Crippen molar-refractivity contribution in [3.8, 4) is 0 Å². The fourth-order valence-corrected chi connectivity index (χ4v) is 11.6. The molecule has 0 aromatic carbocycles. The Bertz CT molecular complexity index is 1200. The number of carbonyl (C=O) groups excluding carboxylic acids is 4. The van der Waals surface area contributed by atoms with Gasteiger partial charge in [-0.3, -0.25) is 19.2 Å². The van der Waals surface area contributed by atoms with Crippen LogP contribution in [0.4, 0.5) is 0 Å². The quantitative estimate of drug-likeness (QED) is 0.0503. The Morgan fingerprint density at radius 2 is 0.696 bits per heavy atom. The molecule has 2 heterocycles. The molecular formula is C48H86O8. The zero-order chi connectivity index (χ0) is 43.0. The Balaban J connectivity index is 2.58. The van der Waals surface area contributed by atoms with Crippen LogP contribution in [-0.4, -0.2) is 34.7 Å². The number of Topliss-reactive ketones (excluding diaryl/α,β-unsaturated/α-hetero) is 4. The summed E-state index contributed by atoms with van der Waals surface area (Å²) >= 11 is 0. The first kappa shape index (κ1) is 50.7. The molecule has 0 aromatic rings. The van der Waals surface area contributed by atoms with E-state index in [9.17, 15) is 0 Å². The van der Waals surface area contributed by atoms with Crippen molar-refractivity contribution in [3.63, 3.8) is 0 Å². The summed E-state index contributed by atoms with van der Waals surface area (Å²) in [4.78, 5) is 83.8. The fourth-order valence-electron chi connectivity index (χ4n) is 11.6. The smallest absolute Gasteiger partial charge is 0.246 e. The number of rotatable bonds is 31. The first-order chi connectivity index (χ1) is 26.2. The van der Waals surface area contributed by atoms with E-state index < -0.39 is 55.9 Å². The molecule has 0 aliphatic carbocycles.